The number of methoxy groups -OCH3 is 1. The van der Waals surface area contributed by atoms with Gasteiger partial charge in [-0.05, 0) is 42.3 Å². The van der Waals surface area contributed by atoms with Crippen molar-refractivity contribution in [3.63, 3.8) is 0 Å². The van der Waals surface area contributed by atoms with Crippen LogP contribution in [0.4, 0.5) is 8.78 Å². The highest BCUT2D eigenvalue weighted by Gasteiger charge is 2.23. The van der Waals surface area contributed by atoms with Crippen LogP contribution < -0.4 is 4.74 Å². The summed E-state index contributed by atoms with van der Waals surface area (Å²) < 4.78 is 36.7. The molecule has 4 nitrogen and oxygen atoms in total. The average molecular weight is 552 g/mol. The monoisotopic (exact) mass is 551 g/mol. The number of halogens is 2. The number of aromatic nitrogens is 2. The molecule has 0 amide bonds. The van der Waals surface area contributed by atoms with Gasteiger partial charge in [-0.2, -0.15) is 0 Å². The number of nitrogens with zero attached hydrogens (tertiary/aromatic N) is 3. The second kappa shape index (κ2) is 13.4. The first-order chi connectivity index (χ1) is 20.1. The second-order valence-corrected chi connectivity index (χ2v) is 10.2. The van der Waals surface area contributed by atoms with Gasteiger partial charge in [0.05, 0.1) is 18.5 Å². The molecule has 5 rings (SSSR count). The minimum absolute atomic E-state index is 0.240. The van der Waals surface area contributed by atoms with Crippen molar-refractivity contribution in [1.82, 2.24) is 14.5 Å². The molecule has 0 fully saturated rings. The number of benzene rings is 4. The predicted octanol–water partition coefficient (Wildman–Crippen LogP) is 8.51. The van der Waals surface area contributed by atoms with Crippen molar-refractivity contribution in [2.45, 2.75) is 45.9 Å². The Morgan fingerprint density at radius 1 is 0.780 bits per heavy atom. The molecule has 0 atom stereocenters. The minimum atomic E-state index is -0.449. The van der Waals surface area contributed by atoms with E-state index in [1.165, 1.54) is 12.1 Å². The fourth-order valence-electron chi connectivity index (χ4n) is 5.11. The summed E-state index contributed by atoms with van der Waals surface area (Å²) in [5.74, 6) is 0.816. The molecule has 0 saturated carbocycles. The molecule has 41 heavy (non-hydrogen) atoms. The number of unbranched alkanes of at least 4 members (excludes halogenated alkanes) is 1. The second-order valence-electron chi connectivity index (χ2n) is 10.2. The standard InChI is InChI=1S/C35H35F2N3O/c1-3-4-21-40-33(34(27-11-7-5-8-12-27)38-35(40)28-13-9-6-10-14-28)25-39(23-26-15-18-31(41-2)19-16-26)24-29-22-30(36)17-20-32(29)37/h5-20,22H,3-4,21,23-25H2,1-2H3. The lowest BCUT2D eigenvalue weighted by Gasteiger charge is -2.25. The molecule has 0 unspecified atom stereocenters. The van der Waals surface area contributed by atoms with E-state index in [1.807, 2.05) is 60.7 Å². The van der Waals surface area contributed by atoms with Crippen LogP contribution in [0.5, 0.6) is 5.75 Å². The smallest absolute Gasteiger partial charge is 0.140 e. The van der Waals surface area contributed by atoms with E-state index in [0.717, 1.165) is 65.1 Å². The van der Waals surface area contributed by atoms with Gasteiger partial charge in [0.2, 0.25) is 0 Å². The van der Waals surface area contributed by atoms with Crippen molar-refractivity contribution < 1.29 is 13.5 Å². The van der Waals surface area contributed by atoms with Gasteiger partial charge in [0.1, 0.15) is 23.2 Å². The van der Waals surface area contributed by atoms with Crippen LogP contribution in [-0.4, -0.2) is 21.6 Å². The first kappa shape index (κ1) is 28.2. The van der Waals surface area contributed by atoms with Crippen LogP contribution in [0, 0.1) is 11.6 Å². The molecule has 4 aromatic carbocycles. The summed E-state index contributed by atoms with van der Waals surface area (Å²) >= 11 is 0. The third-order valence-electron chi connectivity index (χ3n) is 7.23. The van der Waals surface area contributed by atoms with Gasteiger partial charge in [-0.1, -0.05) is 86.1 Å². The number of hydrogen-bond donors (Lipinski definition) is 0. The third-order valence-corrected chi connectivity index (χ3v) is 7.23. The van der Waals surface area contributed by atoms with Gasteiger partial charge in [0, 0.05) is 42.9 Å². The minimum Gasteiger partial charge on any atom is -0.497 e. The molecule has 0 aliphatic heterocycles. The maximum Gasteiger partial charge on any atom is 0.140 e. The van der Waals surface area contributed by atoms with Crippen molar-refractivity contribution >= 4 is 0 Å². The van der Waals surface area contributed by atoms with Crippen LogP contribution in [0.15, 0.2) is 103 Å². The lowest BCUT2D eigenvalue weighted by molar-refractivity contribution is 0.237. The maximum absolute atomic E-state index is 14.9. The van der Waals surface area contributed by atoms with Crippen molar-refractivity contribution in [2.75, 3.05) is 7.11 Å². The zero-order chi connectivity index (χ0) is 28.6. The topological polar surface area (TPSA) is 30.3 Å². The Morgan fingerprint density at radius 3 is 2.12 bits per heavy atom. The first-order valence-corrected chi connectivity index (χ1v) is 14.0. The van der Waals surface area contributed by atoms with Gasteiger partial charge in [-0.15, -0.1) is 0 Å². The van der Waals surface area contributed by atoms with Gasteiger partial charge in [-0.3, -0.25) is 4.90 Å². The summed E-state index contributed by atoms with van der Waals surface area (Å²) in [6.45, 7) is 4.26. The lowest BCUT2D eigenvalue weighted by atomic mass is 10.1. The van der Waals surface area contributed by atoms with E-state index in [-0.39, 0.29) is 6.54 Å². The van der Waals surface area contributed by atoms with E-state index in [2.05, 4.69) is 40.7 Å². The molecule has 0 saturated heterocycles. The molecule has 0 radical (unpaired) electrons. The van der Waals surface area contributed by atoms with Crippen molar-refractivity contribution in [3.05, 3.63) is 132 Å². The lowest BCUT2D eigenvalue weighted by Crippen LogP contribution is -2.25. The SMILES string of the molecule is CCCCn1c(-c2ccccc2)nc(-c2ccccc2)c1CN(Cc1ccc(OC)cc1)Cc1cc(F)ccc1F. The summed E-state index contributed by atoms with van der Waals surface area (Å²) in [6.07, 6.45) is 2.03. The van der Waals surface area contributed by atoms with Crippen LogP contribution >= 0.6 is 0 Å². The molecule has 1 heterocycles. The summed E-state index contributed by atoms with van der Waals surface area (Å²) in [5, 5.41) is 0. The normalized spacial score (nSPS) is 11.2. The Hall–Kier alpha value is -4.29. The predicted molar refractivity (Wildman–Crippen MR) is 160 cm³/mol. The van der Waals surface area contributed by atoms with E-state index < -0.39 is 11.6 Å². The highest BCUT2D eigenvalue weighted by atomic mass is 19.1. The summed E-state index contributed by atoms with van der Waals surface area (Å²) in [6, 6.07) is 31.9. The third kappa shape index (κ3) is 6.90. The molecular weight excluding hydrogens is 516 g/mol. The molecule has 0 aliphatic rings. The van der Waals surface area contributed by atoms with Gasteiger partial charge in [-0.25, -0.2) is 13.8 Å². The largest absolute Gasteiger partial charge is 0.497 e. The van der Waals surface area contributed by atoms with Crippen molar-refractivity contribution in [3.8, 4) is 28.4 Å². The number of hydrogen-bond acceptors (Lipinski definition) is 3. The van der Waals surface area contributed by atoms with Crippen molar-refractivity contribution in [2.24, 2.45) is 0 Å². The van der Waals surface area contributed by atoms with Gasteiger partial charge < -0.3 is 9.30 Å². The Labute approximate surface area is 240 Å². The Bertz CT molecular complexity index is 1550. The van der Waals surface area contributed by atoms with Gasteiger partial charge in [0.25, 0.3) is 0 Å². The Morgan fingerprint density at radius 2 is 1.46 bits per heavy atom. The molecule has 210 valence electrons. The molecule has 5 aromatic rings. The summed E-state index contributed by atoms with van der Waals surface area (Å²) in [5.41, 5.74) is 5.39. The Balaban J connectivity index is 1.62. The highest BCUT2D eigenvalue weighted by Crippen LogP contribution is 2.32. The van der Waals surface area contributed by atoms with Crippen LogP contribution in [0.1, 0.15) is 36.6 Å². The molecule has 0 aliphatic carbocycles. The number of imidazole rings is 1. The maximum atomic E-state index is 14.9. The quantitative estimate of drug-likeness (QED) is 0.156. The van der Waals surface area contributed by atoms with Gasteiger partial charge >= 0.3 is 0 Å². The summed E-state index contributed by atoms with van der Waals surface area (Å²) in [4.78, 5) is 7.36. The molecule has 0 spiro atoms. The van der Waals surface area contributed by atoms with Crippen LogP contribution in [0.3, 0.4) is 0 Å². The van der Waals surface area contributed by atoms with E-state index >= 15 is 0 Å². The molecule has 0 N–H and O–H groups in total. The van der Waals surface area contributed by atoms with E-state index in [0.29, 0.717) is 18.7 Å². The van der Waals surface area contributed by atoms with Gasteiger partial charge in [0.15, 0.2) is 0 Å². The first-order valence-electron chi connectivity index (χ1n) is 14.0. The summed E-state index contributed by atoms with van der Waals surface area (Å²) in [7, 11) is 1.64. The van der Waals surface area contributed by atoms with Crippen molar-refractivity contribution in [1.29, 1.82) is 0 Å². The fraction of sp³-hybridized carbons (Fsp3) is 0.229. The van der Waals surface area contributed by atoms with Crippen LogP contribution in [-0.2, 0) is 26.2 Å². The fourth-order valence-corrected chi connectivity index (χ4v) is 5.11. The molecular formula is C35H35F2N3O. The molecule has 1 aromatic heterocycles. The van der Waals surface area contributed by atoms with Crippen LogP contribution in [0.25, 0.3) is 22.6 Å². The van der Waals surface area contributed by atoms with E-state index in [9.17, 15) is 8.78 Å². The van der Waals surface area contributed by atoms with E-state index in [4.69, 9.17) is 9.72 Å². The number of ether oxygens (including phenoxy) is 1. The zero-order valence-corrected chi connectivity index (χ0v) is 23.6. The highest BCUT2D eigenvalue weighted by molar-refractivity contribution is 5.68. The Kier molecular flexibility index (Phi) is 9.22. The molecule has 0 bridgehead atoms. The molecule has 6 heteroatoms. The van der Waals surface area contributed by atoms with Crippen LogP contribution in [0.2, 0.25) is 0 Å². The van der Waals surface area contributed by atoms with E-state index in [1.54, 1.807) is 7.11 Å². The zero-order valence-electron chi connectivity index (χ0n) is 23.6. The number of rotatable bonds is 12. The average Bonchev–Trinajstić information content (AvgIpc) is 3.36.